The third kappa shape index (κ3) is 8.39. The smallest absolute Gasteiger partial charge is 0.315 e. The summed E-state index contributed by atoms with van der Waals surface area (Å²) in [7, 11) is 0. The van der Waals surface area contributed by atoms with E-state index in [0.717, 1.165) is 19.3 Å². The number of carbonyl (C=O) groups is 7. The summed E-state index contributed by atoms with van der Waals surface area (Å²) >= 11 is 0. The third-order valence-electron chi connectivity index (χ3n) is 12.1. The molecule has 6 atom stereocenters. The van der Waals surface area contributed by atoms with E-state index in [9.17, 15) is 33.6 Å². The van der Waals surface area contributed by atoms with Gasteiger partial charge >= 0.3 is 6.03 Å². The molecule has 4 N–H and O–H groups in total. The standard InChI is InChI=1S/C41H58N6O7/c1-10-18-42-35(51)32(49)27(19-23-14-13-15-23)43-34(50)31-30-26(41(30,8)9)21-47(31)37(53)33(40(5,6)7)45-38(54)44-28(39(2,3)4)22-46-29(48)20-24-16-11-12-17-25(24)36(46)52/h10-12,16-17,23,26-28,30-31,33H,1,13-15,18-22H2,2-9H3,(H,42,51)(H,43,50)(H2,44,45,54)/t26-,27?,28+,30-,31-,33+/m0/s1. The van der Waals surface area contributed by atoms with E-state index in [0.29, 0.717) is 24.1 Å². The molecule has 0 radical (unpaired) electrons. The fraction of sp³-hybridized carbons (Fsp3) is 0.634. The molecule has 0 spiro atoms. The van der Waals surface area contributed by atoms with E-state index in [4.69, 9.17) is 0 Å². The maximum absolute atomic E-state index is 14.6. The fourth-order valence-electron chi connectivity index (χ4n) is 8.22. The molecule has 2 aliphatic carbocycles. The highest BCUT2D eigenvalue weighted by Gasteiger charge is 2.70. The number of hydrogen-bond donors (Lipinski definition) is 4. The SMILES string of the molecule is C=CCNC(=O)C(=O)C(CC1CCC1)NC(=O)[C@@H]1[C@@H]2[C@H](CN1C(=O)[C@@H](NC(=O)N[C@H](CN1C(=O)Cc3ccccc3C1=O)C(C)(C)C)C(C)(C)C)C2(C)C. The van der Waals surface area contributed by atoms with Gasteiger partial charge in [-0.25, -0.2) is 4.79 Å². The Morgan fingerprint density at radius 1 is 0.963 bits per heavy atom. The normalized spacial score (nSPS) is 23.5. The largest absolute Gasteiger partial charge is 0.346 e. The molecule has 2 aliphatic heterocycles. The maximum Gasteiger partial charge on any atom is 0.315 e. The van der Waals surface area contributed by atoms with Crippen molar-refractivity contribution in [1.82, 2.24) is 31.1 Å². The second kappa shape index (κ2) is 15.3. The summed E-state index contributed by atoms with van der Waals surface area (Å²) in [6.07, 6.45) is 4.74. The van der Waals surface area contributed by atoms with Gasteiger partial charge in [-0.05, 0) is 52.0 Å². The summed E-state index contributed by atoms with van der Waals surface area (Å²) in [5, 5.41) is 11.2. The van der Waals surface area contributed by atoms with Crippen LogP contribution in [0.4, 0.5) is 4.79 Å². The Labute approximate surface area is 318 Å². The van der Waals surface area contributed by atoms with Crippen molar-refractivity contribution >= 4 is 41.4 Å². The summed E-state index contributed by atoms with van der Waals surface area (Å²) in [6, 6.07) is 2.67. The molecular weight excluding hydrogens is 688 g/mol. The molecule has 2 heterocycles. The highest BCUT2D eigenvalue weighted by Crippen LogP contribution is 2.65. The molecule has 54 heavy (non-hydrogen) atoms. The predicted molar refractivity (Wildman–Crippen MR) is 203 cm³/mol. The molecule has 1 saturated heterocycles. The van der Waals surface area contributed by atoms with Crippen LogP contribution in [0.3, 0.4) is 0 Å². The molecule has 2 saturated carbocycles. The first-order chi connectivity index (χ1) is 25.2. The van der Waals surface area contributed by atoms with Gasteiger partial charge < -0.3 is 26.2 Å². The number of amides is 7. The number of Topliss-reactive ketones (excluding diaryl/α,β-unsaturated/α-hetero) is 1. The first-order valence-corrected chi connectivity index (χ1v) is 19.2. The van der Waals surface area contributed by atoms with Crippen molar-refractivity contribution in [3.63, 3.8) is 0 Å². The van der Waals surface area contributed by atoms with Crippen LogP contribution in [0.15, 0.2) is 36.9 Å². The Bertz CT molecular complexity index is 1700. The lowest BCUT2D eigenvalue weighted by Gasteiger charge is -2.39. The van der Waals surface area contributed by atoms with E-state index >= 15 is 0 Å². The van der Waals surface area contributed by atoms with Crippen LogP contribution in [-0.2, 0) is 30.4 Å². The van der Waals surface area contributed by atoms with Crippen molar-refractivity contribution in [3.05, 3.63) is 48.0 Å². The second-order valence-electron chi connectivity index (χ2n) is 18.3. The number of ketones is 1. The number of likely N-dealkylation sites (tertiary alicyclic amines) is 1. The summed E-state index contributed by atoms with van der Waals surface area (Å²) in [4.78, 5) is 97.9. The van der Waals surface area contributed by atoms with Crippen LogP contribution in [-0.4, -0.2) is 95.0 Å². The van der Waals surface area contributed by atoms with E-state index in [-0.39, 0.29) is 48.6 Å². The van der Waals surface area contributed by atoms with E-state index in [1.165, 1.54) is 15.9 Å². The zero-order valence-electron chi connectivity index (χ0n) is 33.0. The molecule has 1 unspecified atom stereocenters. The summed E-state index contributed by atoms with van der Waals surface area (Å²) in [6.45, 7) is 19.2. The zero-order valence-corrected chi connectivity index (χ0v) is 33.0. The van der Waals surface area contributed by atoms with E-state index in [2.05, 4.69) is 41.7 Å². The number of hydrogen-bond acceptors (Lipinski definition) is 7. The van der Waals surface area contributed by atoms with Gasteiger partial charge in [0.2, 0.25) is 23.5 Å². The van der Waals surface area contributed by atoms with Crippen LogP contribution < -0.4 is 21.3 Å². The number of nitrogens with zero attached hydrogens (tertiary/aromatic N) is 2. The summed E-state index contributed by atoms with van der Waals surface area (Å²) in [5.41, 5.74) is -0.481. The number of fused-ring (bicyclic) bond motifs is 2. The van der Waals surface area contributed by atoms with E-state index in [1.54, 1.807) is 24.3 Å². The van der Waals surface area contributed by atoms with Crippen LogP contribution in [0.1, 0.15) is 97.0 Å². The fourth-order valence-corrected chi connectivity index (χ4v) is 8.22. The lowest BCUT2D eigenvalue weighted by atomic mass is 9.80. The number of nitrogens with one attached hydrogen (secondary N) is 4. The quantitative estimate of drug-likeness (QED) is 0.136. The number of piperidine rings is 1. The Balaban J connectivity index is 1.33. The molecule has 13 heteroatoms. The van der Waals surface area contributed by atoms with Gasteiger partial charge in [-0.3, -0.25) is 33.7 Å². The Kier molecular flexibility index (Phi) is 11.5. The van der Waals surface area contributed by atoms with Gasteiger partial charge in [0, 0.05) is 25.2 Å². The van der Waals surface area contributed by atoms with E-state index in [1.807, 2.05) is 41.5 Å². The molecule has 1 aromatic rings. The lowest BCUT2D eigenvalue weighted by molar-refractivity contribution is -0.145. The minimum Gasteiger partial charge on any atom is -0.346 e. The molecule has 0 bridgehead atoms. The van der Waals surface area contributed by atoms with Gasteiger partial charge in [-0.2, -0.15) is 0 Å². The summed E-state index contributed by atoms with van der Waals surface area (Å²) in [5.74, 6) is -3.13. The Morgan fingerprint density at radius 3 is 2.22 bits per heavy atom. The van der Waals surface area contributed by atoms with E-state index < -0.39 is 70.4 Å². The van der Waals surface area contributed by atoms with Gasteiger partial charge in [0.25, 0.3) is 11.8 Å². The number of rotatable bonds is 13. The van der Waals surface area contributed by atoms with Crippen molar-refractivity contribution in [3.8, 4) is 0 Å². The topological polar surface area (TPSA) is 174 Å². The van der Waals surface area contributed by atoms with Crippen molar-refractivity contribution in [2.45, 2.75) is 112 Å². The van der Waals surface area contributed by atoms with Crippen LogP contribution >= 0.6 is 0 Å². The number of carbonyl (C=O) groups excluding carboxylic acids is 7. The minimum absolute atomic E-state index is 0.0401. The average Bonchev–Trinajstić information content (AvgIpc) is 3.36. The van der Waals surface area contributed by atoms with Gasteiger partial charge in [0.15, 0.2) is 0 Å². The van der Waals surface area contributed by atoms with Crippen molar-refractivity contribution < 1.29 is 33.6 Å². The maximum atomic E-state index is 14.6. The summed E-state index contributed by atoms with van der Waals surface area (Å²) < 4.78 is 0. The lowest BCUT2D eigenvalue weighted by Crippen LogP contribution is -2.63. The van der Waals surface area contributed by atoms with Crippen molar-refractivity contribution in [1.29, 1.82) is 0 Å². The van der Waals surface area contributed by atoms with Gasteiger partial charge in [0.05, 0.1) is 18.5 Å². The first kappa shape index (κ1) is 40.6. The molecule has 7 amide bonds. The van der Waals surface area contributed by atoms with Gasteiger partial charge in [-0.1, -0.05) is 98.9 Å². The Hall–Kier alpha value is -4.55. The molecule has 5 rings (SSSR count). The minimum atomic E-state index is -1.06. The molecule has 1 aromatic carbocycles. The highest BCUT2D eigenvalue weighted by atomic mass is 16.2. The molecule has 3 fully saturated rings. The number of benzene rings is 1. The predicted octanol–water partition coefficient (Wildman–Crippen LogP) is 3.37. The highest BCUT2D eigenvalue weighted by molar-refractivity contribution is 6.38. The molecule has 0 aromatic heterocycles. The number of urea groups is 1. The van der Waals surface area contributed by atoms with Crippen molar-refractivity contribution in [2.75, 3.05) is 19.6 Å². The molecule has 294 valence electrons. The zero-order chi connectivity index (χ0) is 39.9. The second-order valence-corrected chi connectivity index (χ2v) is 18.3. The number of imide groups is 1. The first-order valence-electron chi connectivity index (χ1n) is 19.2. The average molecular weight is 747 g/mol. The molecule has 4 aliphatic rings. The van der Waals surface area contributed by atoms with Crippen LogP contribution in [0.5, 0.6) is 0 Å². The Morgan fingerprint density at radius 2 is 1.63 bits per heavy atom. The molecule has 13 nitrogen and oxygen atoms in total. The van der Waals surface area contributed by atoms with Crippen molar-refractivity contribution in [2.24, 2.45) is 34.0 Å². The third-order valence-corrected chi connectivity index (χ3v) is 12.1. The molecular formula is C41H58N6O7. The van der Waals surface area contributed by atoms with Gasteiger partial charge in [-0.15, -0.1) is 6.58 Å². The monoisotopic (exact) mass is 746 g/mol. The van der Waals surface area contributed by atoms with Gasteiger partial charge in [0.1, 0.15) is 12.1 Å². The van der Waals surface area contributed by atoms with Crippen LogP contribution in [0.2, 0.25) is 0 Å². The van der Waals surface area contributed by atoms with Crippen LogP contribution in [0.25, 0.3) is 0 Å². The van der Waals surface area contributed by atoms with Crippen LogP contribution in [0, 0.1) is 34.0 Å².